The van der Waals surface area contributed by atoms with Crippen molar-refractivity contribution < 1.29 is 0 Å². The van der Waals surface area contributed by atoms with Gasteiger partial charge in [0, 0.05) is 6.42 Å². The van der Waals surface area contributed by atoms with E-state index in [0.717, 1.165) is 6.42 Å². The monoisotopic (exact) mass is 178 g/mol. The van der Waals surface area contributed by atoms with Crippen LogP contribution in [0, 0.1) is 12.5 Å². The molecular formula is C14H10. The molecular weight excluding hydrogens is 168 g/mol. The molecule has 14 heavy (non-hydrogen) atoms. The van der Waals surface area contributed by atoms with Crippen LogP contribution in [0.5, 0.6) is 0 Å². The van der Waals surface area contributed by atoms with Crippen molar-refractivity contribution in [1.29, 1.82) is 0 Å². The van der Waals surface area contributed by atoms with Gasteiger partial charge in [0.05, 0.1) is 0 Å². The van der Waals surface area contributed by atoms with Crippen molar-refractivity contribution in [3.05, 3.63) is 66.1 Å². The highest BCUT2D eigenvalue weighted by Gasteiger charge is 2.06. The summed E-state index contributed by atoms with van der Waals surface area (Å²) in [7, 11) is 0. The van der Waals surface area contributed by atoms with E-state index in [1.807, 2.05) is 0 Å². The molecule has 2 radical (unpaired) electrons. The summed E-state index contributed by atoms with van der Waals surface area (Å²) < 4.78 is 0. The minimum atomic E-state index is 1.01. The van der Waals surface area contributed by atoms with E-state index >= 15 is 0 Å². The molecule has 0 N–H and O–H groups in total. The third kappa shape index (κ3) is 1.15. The lowest BCUT2D eigenvalue weighted by Crippen LogP contribution is -1.95. The zero-order chi connectivity index (χ0) is 9.38. The highest BCUT2D eigenvalue weighted by atomic mass is 14.1. The average Bonchev–Trinajstić information content (AvgIpc) is 2.26. The molecule has 0 amide bonds. The molecule has 0 fully saturated rings. The highest BCUT2D eigenvalue weighted by molar-refractivity contribution is 5.84. The van der Waals surface area contributed by atoms with Gasteiger partial charge in [0.2, 0.25) is 0 Å². The van der Waals surface area contributed by atoms with Gasteiger partial charge in [-0.15, -0.1) is 0 Å². The standard InChI is InChI=1S/C14H10/c1-2-6-12-10-14-8-4-3-7-13(14)9-11(12)5-1/h1-3,5-6,8-10H,7H2. The van der Waals surface area contributed by atoms with Gasteiger partial charge >= 0.3 is 0 Å². The molecule has 3 rings (SSSR count). The lowest BCUT2D eigenvalue weighted by molar-refractivity contribution is 1.19. The van der Waals surface area contributed by atoms with Gasteiger partial charge in [-0.05, 0) is 34.4 Å². The summed E-state index contributed by atoms with van der Waals surface area (Å²) in [5, 5.41) is 2.64. The third-order valence-corrected chi connectivity index (χ3v) is 2.69. The van der Waals surface area contributed by atoms with Crippen LogP contribution in [-0.4, -0.2) is 0 Å². The van der Waals surface area contributed by atoms with Gasteiger partial charge in [-0.25, -0.2) is 0 Å². The van der Waals surface area contributed by atoms with Crippen molar-refractivity contribution >= 4 is 10.8 Å². The second-order valence-electron chi connectivity index (χ2n) is 3.62. The summed E-state index contributed by atoms with van der Waals surface area (Å²) in [5.74, 6) is 0. The second kappa shape index (κ2) is 2.98. The molecule has 0 saturated carbocycles. The Bertz CT molecular complexity index is 460. The van der Waals surface area contributed by atoms with E-state index in [2.05, 4.69) is 55.0 Å². The van der Waals surface area contributed by atoms with Crippen molar-refractivity contribution in [2.75, 3.05) is 0 Å². The lowest BCUT2D eigenvalue weighted by atomic mass is 9.93. The molecule has 1 aliphatic carbocycles. The van der Waals surface area contributed by atoms with E-state index in [-0.39, 0.29) is 0 Å². The molecule has 0 bridgehead atoms. The van der Waals surface area contributed by atoms with E-state index in [1.165, 1.54) is 21.9 Å². The second-order valence-corrected chi connectivity index (χ2v) is 3.62. The van der Waals surface area contributed by atoms with Crippen molar-refractivity contribution in [3.63, 3.8) is 0 Å². The fourth-order valence-electron chi connectivity index (χ4n) is 1.93. The van der Waals surface area contributed by atoms with Gasteiger partial charge in [-0.3, -0.25) is 0 Å². The zero-order valence-electron chi connectivity index (χ0n) is 7.83. The normalized spacial score (nSPS) is 14.3. The van der Waals surface area contributed by atoms with Gasteiger partial charge in [-0.2, -0.15) is 0 Å². The average molecular weight is 178 g/mol. The maximum absolute atomic E-state index is 3.16. The summed E-state index contributed by atoms with van der Waals surface area (Å²) in [5.41, 5.74) is 2.72. The number of rotatable bonds is 0. The molecule has 0 nitrogen and oxygen atoms in total. The van der Waals surface area contributed by atoms with Gasteiger partial charge < -0.3 is 0 Å². The maximum Gasteiger partial charge on any atom is 0.0202 e. The molecule has 0 aromatic heterocycles. The molecule has 0 spiro atoms. The first-order valence-electron chi connectivity index (χ1n) is 4.86. The molecule has 0 unspecified atom stereocenters. The van der Waals surface area contributed by atoms with Crippen LogP contribution in [-0.2, 0) is 6.42 Å². The number of fused-ring (bicyclic) bond motifs is 2. The molecule has 0 aliphatic heterocycles. The molecule has 2 aromatic rings. The largest absolute Gasteiger partial charge is 0.0760 e. The molecule has 0 heterocycles. The van der Waals surface area contributed by atoms with Crippen LogP contribution in [0.25, 0.3) is 10.8 Å². The predicted molar refractivity (Wildman–Crippen MR) is 58.9 cm³/mol. The third-order valence-electron chi connectivity index (χ3n) is 2.69. The summed E-state index contributed by atoms with van der Waals surface area (Å²) in [4.78, 5) is 0. The highest BCUT2D eigenvalue weighted by Crippen LogP contribution is 2.24. The van der Waals surface area contributed by atoms with Crippen molar-refractivity contribution in [1.82, 2.24) is 0 Å². The molecule has 2 aromatic carbocycles. The van der Waals surface area contributed by atoms with Crippen LogP contribution >= 0.6 is 0 Å². The van der Waals surface area contributed by atoms with Crippen LogP contribution in [0.2, 0.25) is 0 Å². The summed E-state index contributed by atoms with van der Waals surface area (Å²) >= 11 is 0. The van der Waals surface area contributed by atoms with E-state index in [1.54, 1.807) is 0 Å². The fourth-order valence-corrected chi connectivity index (χ4v) is 1.93. The minimum Gasteiger partial charge on any atom is -0.0760 e. The number of allylic oxidation sites excluding steroid dienone is 2. The number of hydrogen-bond acceptors (Lipinski definition) is 0. The first-order valence-corrected chi connectivity index (χ1v) is 4.86. The summed E-state index contributed by atoms with van der Waals surface area (Å²) in [6, 6.07) is 13.0. The first kappa shape index (κ1) is 7.81. The zero-order valence-corrected chi connectivity index (χ0v) is 7.83. The minimum absolute atomic E-state index is 1.01. The van der Waals surface area contributed by atoms with Crippen LogP contribution in [0.1, 0.15) is 11.1 Å². The van der Waals surface area contributed by atoms with Crippen molar-refractivity contribution in [2.45, 2.75) is 6.42 Å². The lowest BCUT2D eigenvalue weighted by Gasteiger charge is -2.11. The van der Waals surface area contributed by atoms with Gasteiger partial charge in [0.1, 0.15) is 0 Å². The van der Waals surface area contributed by atoms with Gasteiger partial charge in [0.25, 0.3) is 0 Å². The Kier molecular flexibility index (Phi) is 1.66. The van der Waals surface area contributed by atoms with E-state index < -0.39 is 0 Å². The Hall–Kier alpha value is -1.56. The van der Waals surface area contributed by atoms with E-state index in [4.69, 9.17) is 0 Å². The molecule has 1 aliphatic rings. The van der Waals surface area contributed by atoms with Crippen LogP contribution in [0.3, 0.4) is 0 Å². The van der Waals surface area contributed by atoms with Crippen molar-refractivity contribution in [3.8, 4) is 0 Å². The number of benzene rings is 2. The maximum atomic E-state index is 3.16. The predicted octanol–water partition coefficient (Wildman–Crippen LogP) is 3.31. The van der Waals surface area contributed by atoms with Gasteiger partial charge in [0.15, 0.2) is 0 Å². The summed E-state index contributed by atoms with van der Waals surface area (Å²) in [6.07, 6.45) is 8.31. The Balaban J connectivity index is 2.30. The van der Waals surface area contributed by atoms with E-state index in [9.17, 15) is 0 Å². The van der Waals surface area contributed by atoms with Crippen LogP contribution < -0.4 is 0 Å². The SMILES string of the molecule is [C]1=CCc2cc3ccccc3cc2[CH]1. The number of hydrogen-bond donors (Lipinski definition) is 0. The molecule has 0 heteroatoms. The van der Waals surface area contributed by atoms with Crippen molar-refractivity contribution in [2.24, 2.45) is 0 Å². The van der Waals surface area contributed by atoms with Crippen LogP contribution in [0.4, 0.5) is 0 Å². The molecule has 0 atom stereocenters. The van der Waals surface area contributed by atoms with Crippen LogP contribution in [0.15, 0.2) is 42.5 Å². The Morgan fingerprint density at radius 1 is 1.00 bits per heavy atom. The topological polar surface area (TPSA) is 0 Å². The smallest absolute Gasteiger partial charge is 0.0202 e. The Morgan fingerprint density at radius 2 is 1.79 bits per heavy atom. The Labute approximate surface area is 83.9 Å². The summed E-state index contributed by atoms with van der Waals surface area (Å²) in [6.45, 7) is 0. The Morgan fingerprint density at radius 3 is 2.64 bits per heavy atom. The molecule has 0 saturated heterocycles. The first-order chi connectivity index (χ1) is 6.93. The van der Waals surface area contributed by atoms with E-state index in [0.29, 0.717) is 0 Å². The fraction of sp³-hybridized carbons (Fsp3) is 0.0714. The van der Waals surface area contributed by atoms with Gasteiger partial charge in [-0.1, -0.05) is 42.5 Å². The quantitative estimate of drug-likeness (QED) is 0.580. The molecule has 66 valence electrons.